The van der Waals surface area contributed by atoms with E-state index in [2.05, 4.69) is 9.97 Å². The van der Waals surface area contributed by atoms with Crippen LogP contribution < -0.4 is 5.14 Å². The number of rotatable bonds is 1. The summed E-state index contributed by atoms with van der Waals surface area (Å²) in [6, 6.07) is 0. The van der Waals surface area contributed by atoms with Crippen molar-refractivity contribution in [3.63, 3.8) is 0 Å². The zero-order valence-electron chi connectivity index (χ0n) is 7.86. The molecule has 0 saturated carbocycles. The molecule has 2 rings (SSSR count). The van der Waals surface area contributed by atoms with Crippen LogP contribution in [0.15, 0.2) is 17.8 Å². The number of aromatic nitrogens is 2. The van der Waals surface area contributed by atoms with Gasteiger partial charge in [0.05, 0.1) is 16.9 Å². The molecule has 0 fully saturated rings. The lowest BCUT2D eigenvalue weighted by atomic mass is 10.3. The third kappa shape index (κ3) is 1.96. The Balaban J connectivity index is 2.80. The molecule has 16 heavy (non-hydrogen) atoms. The number of primary sulfonamides is 1. The van der Waals surface area contributed by atoms with Gasteiger partial charge in [-0.15, -0.1) is 0 Å². The first kappa shape index (κ1) is 11.2. The van der Waals surface area contributed by atoms with Crippen LogP contribution in [0, 0.1) is 0 Å². The predicted molar refractivity (Wildman–Crippen MR) is 55.7 cm³/mol. The zero-order valence-corrected chi connectivity index (χ0v) is 9.49. The second-order valence-corrected chi connectivity index (χ2v) is 6.57. The molecule has 0 unspecified atom stereocenters. The lowest BCUT2D eigenvalue weighted by Crippen LogP contribution is -2.21. The van der Waals surface area contributed by atoms with Crippen molar-refractivity contribution in [2.75, 3.05) is 0 Å². The highest BCUT2D eigenvalue weighted by Gasteiger charge is 2.29. The van der Waals surface area contributed by atoms with Gasteiger partial charge in [-0.05, 0) is 0 Å². The van der Waals surface area contributed by atoms with Crippen molar-refractivity contribution in [3.05, 3.63) is 29.2 Å². The van der Waals surface area contributed by atoms with Gasteiger partial charge in [0.1, 0.15) is 10.6 Å². The summed E-state index contributed by atoms with van der Waals surface area (Å²) in [5, 5.41) is 5.54. The van der Waals surface area contributed by atoms with Gasteiger partial charge in [-0.1, -0.05) is 0 Å². The fourth-order valence-electron chi connectivity index (χ4n) is 1.33. The van der Waals surface area contributed by atoms with E-state index in [1.54, 1.807) is 0 Å². The van der Waals surface area contributed by atoms with Gasteiger partial charge in [0.25, 0.3) is 0 Å². The molecule has 0 atom stereocenters. The van der Waals surface area contributed by atoms with Gasteiger partial charge in [0.15, 0.2) is 9.84 Å². The molecule has 2 heterocycles. The van der Waals surface area contributed by atoms with Crippen LogP contribution in [0.25, 0.3) is 4.91 Å². The van der Waals surface area contributed by atoms with Crippen molar-refractivity contribution in [2.45, 2.75) is 5.75 Å². The van der Waals surface area contributed by atoms with Crippen molar-refractivity contribution in [1.29, 1.82) is 0 Å². The number of sulfonamides is 1. The molecule has 1 aromatic rings. The number of hydrogen-bond acceptors (Lipinski definition) is 6. The van der Waals surface area contributed by atoms with Crippen LogP contribution in [0.4, 0.5) is 0 Å². The Hall–Kier alpha value is -1.32. The highest BCUT2D eigenvalue weighted by Crippen LogP contribution is 2.27. The van der Waals surface area contributed by atoms with Crippen molar-refractivity contribution >= 4 is 24.8 Å². The molecule has 0 aliphatic carbocycles. The van der Waals surface area contributed by atoms with Gasteiger partial charge in [-0.2, -0.15) is 0 Å². The lowest BCUT2D eigenvalue weighted by Gasteiger charge is -2.13. The fourth-order valence-corrected chi connectivity index (χ4v) is 3.86. The highest BCUT2D eigenvalue weighted by molar-refractivity contribution is 8.01. The molecule has 0 spiro atoms. The minimum atomic E-state index is -4.13. The van der Waals surface area contributed by atoms with Gasteiger partial charge < -0.3 is 0 Å². The fraction of sp³-hybridized carbons (Fsp3) is 0.143. The minimum absolute atomic E-state index is 0.000162. The SMILES string of the molecule is NS(=O)(=O)C1=CS(=O)(=O)Cc2nccnc21. The smallest absolute Gasteiger partial charge is 0.240 e. The predicted octanol–water partition coefficient (Wildman–Crippen LogP) is -1.01. The molecule has 2 N–H and O–H groups in total. The van der Waals surface area contributed by atoms with E-state index in [-0.39, 0.29) is 17.1 Å². The van der Waals surface area contributed by atoms with Crippen LogP contribution in [0.3, 0.4) is 0 Å². The van der Waals surface area contributed by atoms with Crippen LogP contribution in [-0.2, 0) is 25.6 Å². The number of nitrogens with zero attached hydrogens (tertiary/aromatic N) is 2. The average molecular weight is 261 g/mol. The van der Waals surface area contributed by atoms with Gasteiger partial charge in [0, 0.05) is 12.4 Å². The molecule has 0 aromatic carbocycles. The number of fused-ring (bicyclic) bond motifs is 1. The van der Waals surface area contributed by atoms with Gasteiger partial charge in [-0.25, -0.2) is 22.0 Å². The molecule has 86 valence electrons. The average Bonchev–Trinajstić information content (AvgIpc) is 2.13. The molecule has 0 radical (unpaired) electrons. The van der Waals surface area contributed by atoms with Crippen LogP contribution in [0.1, 0.15) is 11.4 Å². The molecule has 9 heteroatoms. The van der Waals surface area contributed by atoms with E-state index in [1.807, 2.05) is 0 Å². The number of sulfone groups is 1. The van der Waals surface area contributed by atoms with E-state index in [0.29, 0.717) is 5.41 Å². The third-order valence-electron chi connectivity index (χ3n) is 1.94. The first-order valence-corrected chi connectivity index (χ1v) is 7.33. The second kappa shape index (κ2) is 3.34. The third-order valence-corrected chi connectivity index (χ3v) is 4.28. The molecule has 1 aromatic heterocycles. The monoisotopic (exact) mass is 261 g/mol. The Morgan fingerprint density at radius 1 is 1.25 bits per heavy atom. The summed E-state index contributed by atoms with van der Waals surface area (Å²) in [6.45, 7) is 0. The van der Waals surface area contributed by atoms with Gasteiger partial charge >= 0.3 is 0 Å². The van der Waals surface area contributed by atoms with Crippen LogP contribution in [0.5, 0.6) is 0 Å². The topological polar surface area (TPSA) is 120 Å². The summed E-state index contributed by atoms with van der Waals surface area (Å²) in [5.41, 5.74) is 0.0915. The molecule has 0 bridgehead atoms. The van der Waals surface area contributed by atoms with E-state index >= 15 is 0 Å². The maximum Gasteiger partial charge on any atom is 0.240 e. The van der Waals surface area contributed by atoms with Gasteiger partial charge in [-0.3, -0.25) is 9.97 Å². The van der Waals surface area contributed by atoms with Crippen LogP contribution >= 0.6 is 0 Å². The second-order valence-electron chi connectivity index (χ2n) is 3.19. The Kier molecular flexibility index (Phi) is 2.33. The summed E-state index contributed by atoms with van der Waals surface area (Å²) >= 11 is 0. The molecular formula is C7H7N3O4S2. The van der Waals surface area contributed by atoms with E-state index in [4.69, 9.17) is 5.14 Å². The molecule has 1 aliphatic rings. The Labute approximate surface area is 92.0 Å². The Morgan fingerprint density at radius 2 is 1.88 bits per heavy atom. The van der Waals surface area contributed by atoms with E-state index in [1.165, 1.54) is 12.4 Å². The van der Waals surface area contributed by atoms with E-state index in [0.717, 1.165) is 0 Å². The maximum absolute atomic E-state index is 11.4. The Morgan fingerprint density at radius 3 is 2.50 bits per heavy atom. The summed E-state index contributed by atoms with van der Waals surface area (Å²) in [7, 11) is -7.78. The summed E-state index contributed by atoms with van der Waals surface area (Å²) in [5.74, 6) is -0.366. The summed E-state index contributed by atoms with van der Waals surface area (Å²) in [6.07, 6.45) is 2.57. The summed E-state index contributed by atoms with van der Waals surface area (Å²) in [4.78, 5) is 7.04. The van der Waals surface area contributed by atoms with Crippen molar-refractivity contribution < 1.29 is 16.8 Å². The minimum Gasteiger partial charge on any atom is -0.256 e. The molecular weight excluding hydrogens is 254 g/mol. The number of hydrogen-bond donors (Lipinski definition) is 1. The van der Waals surface area contributed by atoms with E-state index in [9.17, 15) is 16.8 Å². The zero-order chi connectivity index (χ0) is 12.0. The molecule has 7 nitrogen and oxygen atoms in total. The summed E-state index contributed by atoms with van der Waals surface area (Å²) < 4.78 is 45.2. The van der Waals surface area contributed by atoms with Crippen molar-refractivity contribution in [1.82, 2.24) is 9.97 Å². The van der Waals surface area contributed by atoms with Crippen molar-refractivity contribution in [2.24, 2.45) is 5.14 Å². The standard InChI is InChI=1S/C7H7N3O4S2/c8-16(13,14)6-4-15(11,12)3-5-7(6)10-2-1-9-5/h1-2,4H,3H2,(H2,8,13,14). The number of nitrogens with two attached hydrogens (primary N) is 1. The van der Waals surface area contributed by atoms with E-state index < -0.39 is 24.8 Å². The van der Waals surface area contributed by atoms with Crippen molar-refractivity contribution in [3.8, 4) is 0 Å². The maximum atomic E-state index is 11.4. The normalized spacial score (nSPS) is 18.7. The largest absolute Gasteiger partial charge is 0.256 e. The van der Waals surface area contributed by atoms with Crippen LogP contribution in [-0.4, -0.2) is 26.8 Å². The van der Waals surface area contributed by atoms with Gasteiger partial charge in [0.2, 0.25) is 10.0 Å². The highest BCUT2D eigenvalue weighted by atomic mass is 32.2. The molecule has 1 aliphatic heterocycles. The van der Waals surface area contributed by atoms with Crippen LogP contribution in [0.2, 0.25) is 0 Å². The quantitative estimate of drug-likeness (QED) is 0.691. The molecule has 0 saturated heterocycles. The molecule has 0 amide bonds. The Bertz CT molecular complexity index is 675. The lowest BCUT2D eigenvalue weighted by molar-refractivity contribution is 0.599. The first-order chi connectivity index (χ1) is 7.30. The first-order valence-electron chi connectivity index (χ1n) is 4.07.